The van der Waals surface area contributed by atoms with Gasteiger partial charge in [0.2, 0.25) is 5.91 Å². The standard InChI is InChI=1S/C16H14F3NOS/c1-9-5-3-4-6-13(9)22-10(2)16(21)20-12-8-7-11(17)14(18)15(12)19/h3-8,10H,1-2H3,(H,20,21). The Morgan fingerprint density at radius 1 is 1.09 bits per heavy atom. The third-order valence-electron chi connectivity index (χ3n) is 3.06. The second-order valence-electron chi connectivity index (χ2n) is 4.74. The summed E-state index contributed by atoms with van der Waals surface area (Å²) in [5.41, 5.74) is 0.646. The topological polar surface area (TPSA) is 29.1 Å². The summed E-state index contributed by atoms with van der Waals surface area (Å²) in [6.07, 6.45) is 0. The second kappa shape index (κ2) is 6.87. The minimum absolute atomic E-state index is 0.374. The molecule has 0 aliphatic carbocycles. The number of carbonyl (C=O) groups excluding carboxylic acids is 1. The normalized spacial score (nSPS) is 12.0. The molecule has 0 aliphatic rings. The molecule has 1 atom stereocenters. The summed E-state index contributed by atoms with van der Waals surface area (Å²) in [4.78, 5) is 13.0. The SMILES string of the molecule is Cc1ccccc1SC(C)C(=O)Nc1ccc(F)c(F)c1F. The van der Waals surface area contributed by atoms with E-state index in [0.29, 0.717) is 0 Å². The van der Waals surface area contributed by atoms with Gasteiger partial charge >= 0.3 is 0 Å². The van der Waals surface area contributed by atoms with E-state index >= 15 is 0 Å². The molecule has 2 nitrogen and oxygen atoms in total. The van der Waals surface area contributed by atoms with Crippen molar-refractivity contribution in [3.8, 4) is 0 Å². The van der Waals surface area contributed by atoms with Crippen molar-refractivity contribution in [1.82, 2.24) is 0 Å². The summed E-state index contributed by atoms with van der Waals surface area (Å²) in [7, 11) is 0. The molecule has 1 amide bonds. The Bertz CT molecular complexity index is 706. The smallest absolute Gasteiger partial charge is 0.237 e. The number of aryl methyl sites for hydroxylation is 1. The summed E-state index contributed by atoms with van der Waals surface area (Å²) in [6, 6.07) is 9.31. The lowest BCUT2D eigenvalue weighted by Gasteiger charge is -2.14. The number of benzene rings is 2. The van der Waals surface area contributed by atoms with Gasteiger partial charge in [-0.15, -0.1) is 11.8 Å². The number of thioether (sulfide) groups is 1. The zero-order valence-corrected chi connectivity index (χ0v) is 12.8. The van der Waals surface area contributed by atoms with E-state index in [9.17, 15) is 18.0 Å². The van der Waals surface area contributed by atoms with E-state index in [2.05, 4.69) is 5.32 Å². The fourth-order valence-corrected chi connectivity index (χ4v) is 2.75. The Kier molecular flexibility index (Phi) is 5.13. The lowest BCUT2D eigenvalue weighted by molar-refractivity contribution is -0.115. The molecular weight excluding hydrogens is 311 g/mol. The highest BCUT2D eigenvalue weighted by Crippen LogP contribution is 2.27. The molecule has 1 unspecified atom stereocenters. The molecule has 0 aromatic heterocycles. The minimum Gasteiger partial charge on any atom is -0.323 e. The third kappa shape index (κ3) is 3.62. The molecule has 0 fully saturated rings. The van der Waals surface area contributed by atoms with Crippen molar-refractivity contribution in [2.45, 2.75) is 24.0 Å². The fourth-order valence-electron chi connectivity index (χ4n) is 1.79. The van der Waals surface area contributed by atoms with Crippen LogP contribution in [0.1, 0.15) is 12.5 Å². The lowest BCUT2D eigenvalue weighted by Crippen LogP contribution is -2.23. The van der Waals surface area contributed by atoms with E-state index in [1.165, 1.54) is 11.8 Å². The van der Waals surface area contributed by atoms with E-state index in [4.69, 9.17) is 0 Å². The van der Waals surface area contributed by atoms with E-state index in [1.807, 2.05) is 31.2 Å². The van der Waals surface area contributed by atoms with E-state index in [0.717, 1.165) is 22.6 Å². The number of amides is 1. The van der Waals surface area contributed by atoms with Crippen molar-refractivity contribution in [3.05, 3.63) is 59.4 Å². The van der Waals surface area contributed by atoms with Crippen LogP contribution in [0, 0.1) is 24.4 Å². The summed E-state index contributed by atoms with van der Waals surface area (Å²) >= 11 is 1.31. The van der Waals surface area contributed by atoms with Crippen molar-refractivity contribution in [2.24, 2.45) is 0 Å². The highest BCUT2D eigenvalue weighted by molar-refractivity contribution is 8.00. The zero-order valence-electron chi connectivity index (χ0n) is 12.0. The van der Waals surface area contributed by atoms with E-state index in [-0.39, 0.29) is 5.69 Å². The molecule has 0 radical (unpaired) electrons. The minimum atomic E-state index is -1.60. The average molecular weight is 325 g/mol. The first kappa shape index (κ1) is 16.4. The van der Waals surface area contributed by atoms with Crippen LogP contribution in [0.25, 0.3) is 0 Å². The number of carbonyl (C=O) groups is 1. The second-order valence-corrected chi connectivity index (χ2v) is 6.12. The van der Waals surface area contributed by atoms with Gasteiger partial charge in [-0.05, 0) is 37.6 Å². The Labute approximate surface area is 130 Å². The van der Waals surface area contributed by atoms with Crippen LogP contribution in [-0.2, 0) is 4.79 Å². The largest absolute Gasteiger partial charge is 0.323 e. The van der Waals surface area contributed by atoms with Gasteiger partial charge < -0.3 is 5.32 Å². The Balaban J connectivity index is 2.09. The first-order chi connectivity index (χ1) is 10.4. The maximum Gasteiger partial charge on any atom is 0.237 e. The summed E-state index contributed by atoms with van der Waals surface area (Å²) in [5, 5.41) is 1.76. The maximum absolute atomic E-state index is 13.5. The monoisotopic (exact) mass is 325 g/mol. The number of anilines is 1. The molecule has 0 saturated heterocycles. The van der Waals surface area contributed by atoms with Crippen LogP contribution in [0.3, 0.4) is 0 Å². The first-order valence-corrected chi connectivity index (χ1v) is 7.44. The molecule has 0 bridgehead atoms. The third-order valence-corrected chi connectivity index (χ3v) is 4.34. The predicted molar refractivity (Wildman–Crippen MR) is 81.4 cm³/mol. The number of hydrogen-bond acceptors (Lipinski definition) is 2. The van der Waals surface area contributed by atoms with Crippen LogP contribution in [-0.4, -0.2) is 11.2 Å². The zero-order chi connectivity index (χ0) is 16.3. The van der Waals surface area contributed by atoms with Crippen molar-refractivity contribution in [3.63, 3.8) is 0 Å². The molecule has 2 aromatic carbocycles. The van der Waals surface area contributed by atoms with Crippen LogP contribution in [0.5, 0.6) is 0 Å². The summed E-state index contributed by atoms with van der Waals surface area (Å²) in [6.45, 7) is 3.58. The maximum atomic E-state index is 13.5. The Morgan fingerprint density at radius 3 is 2.45 bits per heavy atom. The molecule has 2 aromatic rings. The Hall–Kier alpha value is -1.95. The van der Waals surface area contributed by atoms with Crippen LogP contribution in [0.15, 0.2) is 41.3 Å². The van der Waals surface area contributed by atoms with E-state index in [1.54, 1.807) is 6.92 Å². The summed E-state index contributed by atoms with van der Waals surface area (Å²) in [5.74, 6) is -4.78. The van der Waals surface area contributed by atoms with Gasteiger partial charge in [-0.2, -0.15) is 0 Å². The van der Waals surface area contributed by atoms with E-state index < -0.39 is 28.6 Å². The van der Waals surface area contributed by atoms with Gasteiger partial charge in [-0.1, -0.05) is 18.2 Å². The van der Waals surface area contributed by atoms with Gasteiger partial charge in [0.25, 0.3) is 0 Å². The van der Waals surface area contributed by atoms with Crippen molar-refractivity contribution in [1.29, 1.82) is 0 Å². The van der Waals surface area contributed by atoms with Crippen molar-refractivity contribution in [2.75, 3.05) is 5.32 Å². The van der Waals surface area contributed by atoms with Crippen molar-refractivity contribution >= 4 is 23.4 Å². The predicted octanol–water partition coefficient (Wildman–Crippen LogP) is 4.53. The molecule has 0 heterocycles. The number of rotatable bonds is 4. The molecule has 2 rings (SSSR count). The number of hydrogen-bond donors (Lipinski definition) is 1. The van der Waals surface area contributed by atoms with Crippen LogP contribution in [0.2, 0.25) is 0 Å². The van der Waals surface area contributed by atoms with Gasteiger partial charge in [-0.3, -0.25) is 4.79 Å². The molecule has 0 spiro atoms. The van der Waals surface area contributed by atoms with Crippen molar-refractivity contribution < 1.29 is 18.0 Å². The van der Waals surface area contributed by atoms with Gasteiger partial charge in [0.05, 0.1) is 10.9 Å². The summed E-state index contributed by atoms with van der Waals surface area (Å²) < 4.78 is 39.5. The van der Waals surface area contributed by atoms with Crippen LogP contribution >= 0.6 is 11.8 Å². The quantitative estimate of drug-likeness (QED) is 0.661. The number of nitrogens with one attached hydrogen (secondary N) is 1. The van der Waals surface area contributed by atoms with Gasteiger partial charge in [0, 0.05) is 4.90 Å². The average Bonchev–Trinajstić information content (AvgIpc) is 2.50. The molecule has 116 valence electrons. The number of halogens is 3. The highest BCUT2D eigenvalue weighted by Gasteiger charge is 2.19. The molecule has 6 heteroatoms. The lowest BCUT2D eigenvalue weighted by atomic mass is 10.2. The van der Waals surface area contributed by atoms with Gasteiger partial charge in [0.15, 0.2) is 17.5 Å². The molecule has 22 heavy (non-hydrogen) atoms. The molecule has 1 N–H and O–H groups in total. The molecule has 0 aliphatic heterocycles. The van der Waals surface area contributed by atoms with Gasteiger partial charge in [-0.25, -0.2) is 13.2 Å². The van der Waals surface area contributed by atoms with Crippen LogP contribution < -0.4 is 5.32 Å². The van der Waals surface area contributed by atoms with Crippen LogP contribution in [0.4, 0.5) is 18.9 Å². The Morgan fingerprint density at radius 2 is 1.77 bits per heavy atom. The molecular formula is C16H14F3NOS. The highest BCUT2D eigenvalue weighted by atomic mass is 32.2. The molecule has 0 saturated carbocycles. The fraction of sp³-hybridized carbons (Fsp3) is 0.188. The first-order valence-electron chi connectivity index (χ1n) is 6.56. The van der Waals surface area contributed by atoms with Gasteiger partial charge in [0.1, 0.15) is 0 Å².